The summed E-state index contributed by atoms with van der Waals surface area (Å²) < 4.78 is 16.8. The molecule has 2 aliphatic rings. The van der Waals surface area contributed by atoms with Crippen LogP contribution in [0, 0.1) is 0 Å². The Hall–Kier alpha value is -2.20. The quantitative estimate of drug-likeness (QED) is 0.932. The summed E-state index contributed by atoms with van der Waals surface area (Å²) in [6, 6.07) is 10.8. The SMILES string of the molecule is COc1ccc(C(C)C)cc1C1NCCc2cc3c(cc21)OCO3. The summed E-state index contributed by atoms with van der Waals surface area (Å²) in [7, 11) is 1.73. The number of rotatable bonds is 3. The summed E-state index contributed by atoms with van der Waals surface area (Å²) in [4.78, 5) is 0. The van der Waals surface area contributed by atoms with Crippen molar-refractivity contribution in [3.63, 3.8) is 0 Å². The minimum absolute atomic E-state index is 0.108. The lowest BCUT2D eigenvalue weighted by Crippen LogP contribution is -2.31. The highest BCUT2D eigenvalue weighted by molar-refractivity contribution is 5.54. The Morgan fingerprint density at radius 2 is 1.88 bits per heavy atom. The Bertz CT molecular complexity index is 770. The maximum absolute atomic E-state index is 5.65. The van der Waals surface area contributed by atoms with Gasteiger partial charge < -0.3 is 19.5 Å². The van der Waals surface area contributed by atoms with Crippen LogP contribution >= 0.6 is 0 Å². The van der Waals surface area contributed by atoms with Gasteiger partial charge in [0, 0.05) is 12.1 Å². The molecule has 2 aliphatic heterocycles. The smallest absolute Gasteiger partial charge is 0.231 e. The van der Waals surface area contributed by atoms with E-state index in [1.807, 2.05) is 0 Å². The zero-order valence-corrected chi connectivity index (χ0v) is 14.4. The predicted octanol–water partition coefficient (Wildman–Crippen LogP) is 3.78. The highest BCUT2D eigenvalue weighted by atomic mass is 16.7. The number of ether oxygens (including phenoxy) is 3. The summed E-state index contributed by atoms with van der Waals surface area (Å²) >= 11 is 0. The maximum Gasteiger partial charge on any atom is 0.231 e. The molecular weight excluding hydrogens is 302 g/mol. The zero-order chi connectivity index (χ0) is 16.7. The minimum Gasteiger partial charge on any atom is -0.496 e. The topological polar surface area (TPSA) is 39.7 Å². The number of nitrogens with one attached hydrogen (secondary N) is 1. The standard InChI is InChI=1S/C20H23NO3/c1-12(2)13-4-5-17(22-3)16(8-13)20-15-10-19-18(23-11-24-19)9-14(15)6-7-21-20/h4-5,8-10,12,20-21H,6-7,11H2,1-3H3. The van der Waals surface area contributed by atoms with Crippen molar-refractivity contribution in [2.45, 2.75) is 32.2 Å². The summed E-state index contributed by atoms with van der Waals surface area (Å²) in [6.45, 7) is 5.67. The van der Waals surface area contributed by atoms with E-state index in [1.54, 1.807) is 7.11 Å². The third-order valence-electron chi connectivity index (χ3n) is 4.92. The van der Waals surface area contributed by atoms with Crippen molar-refractivity contribution in [1.29, 1.82) is 0 Å². The molecule has 0 fully saturated rings. The van der Waals surface area contributed by atoms with E-state index in [2.05, 4.69) is 49.5 Å². The normalized spacial score (nSPS) is 18.6. The van der Waals surface area contributed by atoms with Crippen LogP contribution in [0.3, 0.4) is 0 Å². The van der Waals surface area contributed by atoms with Gasteiger partial charge in [0.15, 0.2) is 11.5 Å². The summed E-state index contributed by atoms with van der Waals surface area (Å²) in [5.41, 5.74) is 5.08. The van der Waals surface area contributed by atoms with Crippen LogP contribution in [0.1, 0.15) is 48.1 Å². The third kappa shape index (κ3) is 2.51. The summed E-state index contributed by atoms with van der Waals surface area (Å²) in [5.74, 6) is 3.09. The van der Waals surface area contributed by atoms with Crippen molar-refractivity contribution >= 4 is 0 Å². The third-order valence-corrected chi connectivity index (χ3v) is 4.92. The molecule has 126 valence electrons. The van der Waals surface area contributed by atoms with Crippen molar-refractivity contribution in [2.24, 2.45) is 0 Å². The van der Waals surface area contributed by atoms with E-state index in [0.29, 0.717) is 12.7 Å². The van der Waals surface area contributed by atoms with Crippen molar-refractivity contribution in [3.05, 3.63) is 52.6 Å². The lowest BCUT2D eigenvalue weighted by molar-refractivity contribution is 0.174. The van der Waals surface area contributed by atoms with E-state index >= 15 is 0 Å². The fourth-order valence-electron chi connectivity index (χ4n) is 3.56. The van der Waals surface area contributed by atoms with Gasteiger partial charge in [0.25, 0.3) is 0 Å². The Morgan fingerprint density at radius 1 is 1.08 bits per heavy atom. The van der Waals surface area contributed by atoms with E-state index in [1.165, 1.54) is 22.3 Å². The van der Waals surface area contributed by atoms with Gasteiger partial charge in [0.1, 0.15) is 5.75 Å². The van der Waals surface area contributed by atoms with Gasteiger partial charge in [-0.05, 0) is 53.3 Å². The van der Waals surface area contributed by atoms with Gasteiger partial charge >= 0.3 is 0 Å². The average Bonchev–Trinajstić information content (AvgIpc) is 3.06. The molecule has 2 heterocycles. The van der Waals surface area contributed by atoms with E-state index < -0.39 is 0 Å². The van der Waals surface area contributed by atoms with Gasteiger partial charge in [0.2, 0.25) is 6.79 Å². The first kappa shape index (κ1) is 15.3. The molecule has 0 bridgehead atoms. The Kier molecular flexibility index (Phi) is 3.85. The molecule has 1 N–H and O–H groups in total. The van der Waals surface area contributed by atoms with Gasteiger partial charge in [-0.1, -0.05) is 19.9 Å². The first-order valence-electron chi connectivity index (χ1n) is 8.51. The molecule has 4 rings (SSSR count). The van der Waals surface area contributed by atoms with Crippen molar-refractivity contribution in [3.8, 4) is 17.2 Å². The molecule has 1 unspecified atom stereocenters. The Morgan fingerprint density at radius 3 is 2.62 bits per heavy atom. The second-order valence-electron chi connectivity index (χ2n) is 6.70. The fourth-order valence-corrected chi connectivity index (χ4v) is 3.56. The lowest BCUT2D eigenvalue weighted by atomic mass is 9.87. The molecule has 0 amide bonds. The summed E-state index contributed by atoms with van der Waals surface area (Å²) in [5, 5.41) is 3.65. The van der Waals surface area contributed by atoms with E-state index in [9.17, 15) is 0 Å². The molecule has 1 atom stereocenters. The van der Waals surface area contributed by atoms with Crippen LogP contribution in [0.4, 0.5) is 0 Å². The highest BCUT2D eigenvalue weighted by Gasteiger charge is 2.28. The molecule has 24 heavy (non-hydrogen) atoms. The van der Waals surface area contributed by atoms with Crippen LogP contribution in [0.5, 0.6) is 17.2 Å². The fraction of sp³-hybridized carbons (Fsp3) is 0.400. The van der Waals surface area contributed by atoms with E-state index in [0.717, 1.165) is 30.2 Å². The second-order valence-corrected chi connectivity index (χ2v) is 6.70. The van der Waals surface area contributed by atoms with Crippen LogP contribution in [-0.2, 0) is 6.42 Å². The van der Waals surface area contributed by atoms with Gasteiger partial charge in [-0.25, -0.2) is 0 Å². The number of hydrogen-bond donors (Lipinski definition) is 1. The van der Waals surface area contributed by atoms with Gasteiger partial charge in [-0.3, -0.25) is 0 Å². The summed E-state index contributed by atoms with van der Waals surface area (Å²) in [6.07, 6.45) is 0.995. The maximum atomic E-state index is 5.65. The molecular formula is C20H23NO3. The molecule has 2 aromatic carbocycles. The molecule has 2 aromatic rings. The van der Waals surface area contributed by atoms with Crippen LogP contribution in [-0.4, -0.2) is 20.4 Å². The molecule has 0 saturated heterocycles. The molecule has 0 aromatic heterocycles. The first-order chi connectivity index (χ1) is 11.7. The largest absolute Gasteiger partial charge is 0.496 e. The molecule has 0 aliphatic carbocycles. The van der Waals surface area contributed by atoms with Crippen LogP contribution in [0.15, 0.2) is 30.3 Å². The van der Waals surface area contributed by atoms with Crippen LogP contribution < -0.4 is 19.5 Å². The second kappa shape index (κ2) is 6.02. The number of benzene rings is 2. The minimum atomic E-state index is 0.108. The van der Waals surface area contributed by atoms with Crippen molar-refractivity contribution < 1.29 is 14.2 Å². The van der Waals surface area contributed by atoms with Crippen LogP contribution in [0.25, 0.3) is 0 Å². The molecule has 4 heteroatoms. The molecule has 0 saturated carbocycles. The van der Waals surface area contributed by atoms with Crippen LogP contribution in [0.2, 0.25) is 0 Å². The number of fused-ring (bicyclic) bond motifs is 2. The molecule has 0 radical (unpaired) electrons. The number of hydrogen-bond acceptors (Lipinski definition) is 4. The lowest BCUT2D eigenvalue weighted by Gasteiger charge is -2.29. The van der Waals surface area contributed by atoms with Crippen molar-refractivity contribution in [1.82, 2.24) is 5.32 Å². The van der Waals surface area contributed by atoms with E-state index in [-0.39, 0.29) is 6.04 Å². The zero-order valence-electron chi connectivity index (χ0n) is 14.4. The van der Waals surface area contributed by atoms with Gasteiger partial charge in [-0.15, -0.1) is 0 Å². The van der Waals surface area contributed by atoms with Crippen molar-refractivity contribution in [2.75, 3.05) is 20.4 Å². The van der Waals surface area contributed by atoms with E-state index in [4.69, 9.17) is 14.2 Å². The monoisotopic (exact) mass is 325 g/mol. The Balaban J connectivity index is 1.83. The Labute approximate surface area is 142 Å². The van der Waals surface area contributed by atoms with Gasteiger partial charge in [0.05, 0.1) is 13.2 Å². The predicted molar refractivity (Wildman–Crippen MR) is 93.2 cm³/mol. The molecule has 0 spiro atoms. The molecule has 4 nitrogen and oxygen atoms in total. The first-order valence-corrected chi connectivity index (χ1v) is 8.51. The van der Waals surface area contributed by atoms with Gasteiger partial charge in [-0.2, -0.15) is 0 Å². The highest BCUT2D eigenvalue weighted by Crippen LogP contribution is 2.42. The average molecular weight is 325 g/mol. The number of methoxy groups -OCH3 is 1.